The number of nitrogens with zero attached hydrogens (tertiary/aromatic N) is 1. The quantitative estimate of drug-likeness (QED) is 0.460. The number of carbonyl (C=O) groups excluding carboxylic acids is 2. The van der Waals surface area contributed by atoms with Crippen molar-refractivity contribution >= 4 is 45.7 Å². The molecule has 4 aromatic rings. The van der Waals surface area contributed by atoms with E-state index < -0.39 is 11.7 Å². The fourth-order valence-electron chi connectivity index (χ4n) is 3.16. The largest absolute Gasteiger partial charge is 0.469 e. The molecule has 4 rings (SSSR count). The molecule has 0 atom stereocenters. The van der Waals surface area contributed by atoms with Gasteiger partial charge in [-0.15, -0.1) is 0 Å². The first-order valence-electron chi connectivity index (χ1n) is 9.10. The van der Waals surface area contributed by atoms with Crippen molar-refractivity contribution < 1.29 is 18.4 Å². The van der Waals surface area contributed by atoms with Crippen LogP contribution in [0.5, 0.6) is 0 Å². The van der Waals surface area contributed by atoms with Crippen LogP contribution in [0.2, 0.25) is 5.02 Å². The second kappa shape index (κ2) is 8.04. The third kappa shape index (κ3) is 4.06. The van der Waals surface area contributed by atoms with Gasteiger partial charge in [-0.1, -0.05) is 17.7 Å². The number of nitrogens with one attached hydrogen (secondary N) is 2. The van der Waals surface area contributed by atoms with Gasteiger partial charge in [0.15, 0.2) is 0 Å². The molecular weight excluding hydrogens is 409 g/mol. The molecule has 2 aromatic heterocycles. The Bertz CT molecular complexity index is 1260. The Kier molecular flexibility index (Phi) is 5.29. The second-order valence-corrected chi connectivity index (χ2v) is 7.17. The number of hydrogen-bond acceptors (Lipinski definition) is 3. The molecule has 2 N–H and O–H groups in total. The van der Waals surface area contributed by atoms with Gasteiger partial charge < -0.3 is 19.6 Å². The zero-order valence-electron chi connectivity index (χ0n) is 15.9. The highest BCUT2D eigenvalue weighted by Gasteiger charge is 2.15. The molecular formula is C22H17ClFN3O3. The molecule has 8 heteroatoms. The van der Waals surface area contributed by atoms with Crippen molar-refractivity contribution in [3.63, 3.8) is 0 Å². The van der Waals surface area contributed by atoms with Gasteiger partial charge in [-0.3, -0.25) is 9.59 Å². The number of carbonyl (C=O) groups is 2. The Morgan fingerprint density at radius 3 is 2.70 bits per heavy atom. The number of aromatic nitrogens is 1. The van der Waals surface area contributed by atoms with Crippen LogP contribution in [-0.4, -0.2) is 16.4 Å². The van der Waals surface area contributed by atoms with Gasteiger partial charge in [0, 0.05) is 22.4 Å². The number of benzene rings is 2. The lowest BCUT2D eigenvalue weighted by atomic mass is 10.2. The van der Waals surface area contributed by atoms with E-state index in [-0.39, 0.29) is 18.1 Å². The summed E-state index contributed by atoms with van der Waals surface area (Å²) in [6, 6.07) is 12.8. The molecule has 0 fully saturated rings. The summed E-state index contributed by atoms with van der Waals surface area (Å²) in [6.07, 6.45) is 3.18. The normalized spacial score (nSPS) is 10.9. The topological polar surface area (TPSA) is 76.3 Å². The molecule has 0 radical (unpaired) electrons. The summed E-state index contributed by atoms with van der Waals surface area (Å²) in [5, 5.41) is 6.76. The van der Waals surface area contributed by atoms with Crippen molar-refractivity contribution in [2.24, 2.45) is 0 Å². The fourth-order valence-corrected chi connectivity index (χ4v) is 3.33. The average Bonchev–Trinajstić information content (AvgIpc) is 3.30. The Hall–Kier alpha value is -3.58. The van der Waals surface area contributed by atoms with E-state index in [0.29, 0.717) is 22.0 Å². The Morgan fingerprint density at radius 2 is 1.93 bits per heavy atom. The van der Waals surface area contributed by atoms with Crippen LogP contribution in [0.15, 0.2) is 65.4 Å². The monoisotopic (exact) mass is 425 g/mol. The van der Waals surface area contributed by atoms with E-state index >= 15 is 0 Å². The van der Waals surface area contributed by atoms with Crippen LogP contribution in [0.25, 0.3) is 10.9 Å². The summed E-state index contributed by atoms with van der Waals surface area (Å²) in [4.78, 5) is 24.8. The van der Waals surface area contributed by atoms with Gasteiger partial charge in [-0.2, -0.15) is 0 Å². The van der Waals surface area contributed by atoms with Gasteiger partial charge in [-0.05, 0) is 54.8 Å². The minimum absolute atomic E-state index is 0.0448. The molecule has 0 spiro atoms. The first-order chi connectivity index (χ1) is 14.4. The lowest BCUT2D eigenvalue weighted by Gasteiger charge is -2.11. The van der Waals surface area contributed by atoms with Crippen molar-refractivity contribution in [2.45, 2.75) is 13.5 Å². The van der Waals surface area contributed by atoms with Crippen molar-refractivity contribution in [2.75, 3.05) is 10.6 Å². The van der Waals surface area contributed by atoms with Crippen molar-refractivity contribution in [1.29, 1.82) is 0 Å². The number of halogens is 2. The molecule has 2 amide bonds. The highest BCUT2D eigenvalue weighted by molar-refractivity contribution is 6.31. The summed E-state index contributed by atoms with van der Waals surface area (Å²) in [6.45, 7) is 1.69. The lowest BCUT2D eigenvalue weighted by molar-refractivity contribution is -0.116. The van der Waals surface area contributed by atoms with Crippen LogP contribution in [0, 0.1) is 12.7 Å². The molecule has 0 aliphatic rings. The maximum atomic E-state index is 14.2. The van der Waals surface area contributed by atoms with Crippen LogP contribution >= 0.6 is 11.6 Å². The van der Waals surface area contributed by atoms with E-state index in [9.17, 15) is 14.0 Å². The Labute approximate surface area is 176 Å². The molecule has 0 unspecified atom stereocenters. The summed E-state index contributed by atoms with van der Waals surface area (Å²) in [5.41, 5.74) is 1.45. The zero-order valence-corrected chi connectivity index (χ0v) is 16.7. The van der Waals surface area contributed by atoms with E-state index in [1.807, 2.05) is 12.1 Å². The summed E-state index contributed by atoms with van der Waals surface area (Å²) >= 11 is 6.04. The molecule has 2 aromatic carbocycles. The molecule has 6 nitrogen and oxygen atoms in total. The number of hydrogen-bond donors (Lipinski definition) is 2. The molecule has 0 saturated heterocycles. The van der Waals surface area contributed by atoms with Crippen molar-refractivity contribution in [3.05, 3.63) is 83.2 Å². The molecule has 2 heterocycles. The minimum Gasteiger partial charge on any atom is -0.469 e. The lowest BCUT2D eigenvalue weighted by Crippen LogP contribution is -2.19. The van der Waals surface area contributed by atoms with Gasteiger partial charge in [0.2, 0.25) is 5.91 Å². The standard InChI is InChI=1S/C22H17ClFN3O3/c1-13-17(7-9-30-13)22(29)26-19-11-16(4-5-18(19)24)25-21(28)12-27-8-6-14-2-3-15(23)10-20(14)27/h2-11H,12H2,1H3,(H,25,28)(H,26,29). The van der Waals surface area contributed by atoms with E-state index in [1.165, 1.54) is 30.5 Å². The van der Waals surface area contributed by atoms with Crippen LogP contribution in [0.4, 0.5) is 15.8 Å². The van der Waals surface area contributed by atoms with Gasteiger partial charge in [0.25, 0.3) is 5.91 Å². The zero-order chi connectivity index (χ0) is 21.3. The van der Waals surface area contributed by atoms with Crippen LogP contribution in [0.1, 0.15) is 16.1 Å². The summed E-state index contributed by atoms with van der Waals surface area (Å²) in [5.74, 6) is -0.994. The van der Waals surface area contributed by atoms with E-state index in [1.54, 1.807) is 29.8 Å². The average molecular weight is 426 g/mol. The maximum absolute atomic E-state index is 14.2. The highest BCUT2D eigenvalue weighted by Crippen LogP contribution is 2.23. The molecule has 152 valence electrons. The minimum atomic E-state index is -0.617. The number of fused-ring (bicyclic) bond motifs is 1. The third-order valence-electron chi connectivity index (χ3n) is 4.65. The first kappa shape index (κ1) is 19.7. The Morgan fingerprint density at radius 1 is 1.10 bits per heavy atom. The number of anilines is 2. The number of aryl methyl sites for hydroxylation is 1. The molecule has 0 bridgehead atoms. The van der Waals surface area contributed by atoms with Crippen molar-refractivity contribution in [3.8, 4) is 0 Å². The number of amides is 2. The molecule has 0 aliphatic carbocycles. The van der Waals surface area contributed by atoms with Gasteiger partial charge in [-0.25, -0.2) is 4.39 Å². The fraction of sp³-hybridized carbons (Fsp3) is 0.0909. The van der Waals surface area contributed by atoms with Crippen LogP contribution < -0.4 is 10.6 Å². The predicted octanol–water partition coefficient (Wildman–Crippen LogP) is 5.23. The van der Waals surface area contributed by atoms with Crippen molar-refractivity contribution in [1.82, 2.24) is 4.57 Å². The van der Waals surface area contributed by atoms with Gasteiger partial charge >= 0.3 is 0 Å². The Balaban J connectivity index is 1.48. The van der Waals surface area contributed by atoms with E-state index in [2.05, 4.69) is 10.6 Å². The molecule has 30 heavy (non-hydrogen) atoms. The maximum Gasteiger partial charge on any atom is 0.259 e. The van der Waals surface area contributed by atoms with Crippen LogP contribution in [-0.2, 0) is 11.3 Å². The predicted molar refractivity (Wildman–Crippen MR) is 113 cm³/mol. The summed E-state index contributed by atoms with van der Waals surface area (Å²) in [7, 11) is 0. The number of furan rings is 1. The first-order valence-corrected chi connectivity index (χ1v) is 9.48. The van der Waals surface area contributed by atoms with Crippen LogP contribution in [0.3, 0.4) is 0 Å². The second-order valence-electron chi connectivity index (χ2n) is 6.73. The smallest absolute Gasteiger partial charge is 0.259 e. The third-order valence-corrected chi connectivity index (χ3v) is 4.89. The van der Waals surface area contributed by atoms with Gasteiger partial charge in [0.05, 0.1) is 17.5 Å². The number of rotatable bonds is 5. The summed E-state index contributed by atoms with van der Waals surface area (Å²) < 4.78 is 21.0. The molecule has 0 aliphatic heterocycles. The van der Waals surface area contributed by atoms with Gasteiger partial charge in [0.1, 0.15) is 18.1 Å². The molecule has 0 saturated carbocycles. The SMILES string of the molecule is Cc1occc1C(=O)Nc1cc(NC(=O)Cn2ccc3ccc(Cl)cc32)ccc1F. The van der Waals surface area contributed by atoms with E-state index in [4.69, 9.17) is 16.0 Å². The van der Waals surface area contributed by atoms with E-state index in [0.717, 1.165) is 10.9 Å². The highest BCUT2D eigenvalue weighted by atomic mass is 35.5.